The van der Waals surface area contributed by atoms with Gasteiger partial charge in [-0.1, -0.05) is 0 Å². The van der Waals surface area contributed by atoms with Crippen LogP contribution in [0.5, 0.6) is 0 Å². The van der Waals surface area contributed by atoms with Gasteiger partial charge in [-0.3, -0.25) is 9.59 Å². The first-order valence-corrected chi connectivity index (χ1v) is 6.49. The van der Waals surface area contributed by atoms with Gasteiger partial charge in [0.1, 0.15) is 5.82 Å². The lowest BCUT2D eigenvalue weighted by Crippen LogP contribution is -2.39. The zero-order chi connectivity index (χ0) is 14.9. The highest BCUT2D eigenvalue weighted by molar-refractivity contribution is 5.97. The first-order chi connectivity index (χ1) is 9.38. The van der Waals surface area contributed by atoms with Crippen molar-refractivity contribution in [1.82, 2.24) is 10.2 Å². The molecule has 20 heavy (non-hydrogen) atoms. The Morgan fingerprint density at radius 3 is 2.70 bits per heavy atom. The van der Waals surface area contributed by atoms with Gasteiger partial charge in [0, 0.05) is 18.8 Å². The Balaban J connectivity index is 2.07. The van der Waals surface area contributed by atoms with Crippen molar-refractivity contribution in [3.05, 3.63) is 29.1 Å². The number of nitrogens with one attached hydrogen (secondary N) is 1. The molecule has 2 rings (SSSR count). The molecule has 0 spiro atoms. The van der Waals surface area contributed by atoms with Crippen LogP contribution in [0.15, 0.2) is 12.1 Å². The van der Waals surface area contributed by atoms with E-state index in [1.165, 1.54) is 24.1 Å². The van der Waals surface area contributed by atoms with Gasteiger partial charge in [-0.2, -0.15) is 0 Å². The number of rotatable bonds is 4. The fourth-order valence-electron chi connectivity index (χ4n) is 1.95. The first kappa shape index (κ1) is 14.3. The molecule has 3 N–H and O–H groups in total. The highest BCUT2D eigenvalue weighted by Crippen LogP contribution is 2.19. The maximum atomic E-state index is 13.9. The van der Waals surface area contributed by atoms with Crippen LogP contribution in [0.1, 0.15) is 28.8 Å². The quantitative estimate of drug-likeness (QED) is 0.809. The number of carbonyl (C=O) groups excluding carboxylic acids is 2. The standard InChI is InChI=1S/C14H18FN3O2/c1-8-5-9(16)6-11(13(8)15)14(20)18(2)7-12(19)17-10-3-4-10/h5-6,10H,3-4,7,16H2,1-2H3,(H,17,19). The summed E-state index contributed by atoms with van der Waals surface area (Å²) < 4.78 is 13.9. The Morgan fingerprint density at radius 1 is 1.45 bits per heavy atom. The maximum Gasteiger partial charge on any atom is 0.257 e. The lowest BCUT2D eigenvalue weighted by molar-refractivity contribution is -0.121. The summed E-state index contributed by atoms with van der Waals surface area (Å²) in [6, 6.07) is 2.99. The number of carbonyl (C=O) groups is 2. The van der Waals surface area contributed by atoms with Crippen LogP contribution in [-0.4, -0.2) is 36.3 Å². The van der Waals surface area contributed by atoms with Crippen LogP contribution in [-0.2, 0) is 4.79 Å². The molecule has 0 radical (unpaired) electrons. The molecule has 1 saturated carbocycles. The van der Waals surface area contributed by atoms with Crippen LogP contribution in [0.25, 0.3) is 0 Å². The van der Waals surface area contributed by atoms with E-state index in [0.717, 1.165) is 12.8 Å². The average Bonchev–Trinajstić information content (AvgIpc) is 3.16. The number of nitrogens with zero attached hydrogens (tertiary/aromatic N) is 1. The van der Waals surface area contributed by atoms with Gasteiger partial charge in [0.2, 0.25) is 5.91 Å². The normalized spacial score (nSPS) is 13.9. The molecule has 0 unspecified atom stereocenters. The molecule has 0 aliphatic heterocycles. The van der Waals surface area contributed by atoms with E-state index in [0.29, 0.717) is 11.3 Å². The number of likely N-dealkylation sites (N-methyl/N-ethyl adjacent to an activating group) is 1. The SMILES string of the molecule is Cc1cc(N)cc(C(=O)N(C)CC(=O)NC2CC2)c1F. The number of nitrogen functional groups attached to an aromatic ring is 1. The molecule has 1 aliphatic rings. The molecule has 108 valence electrons. The average molecular weight is 279 g/mol. The van der Waals surface area contributed by atoms with Crippen molar-refractivity contribution in [2.75, 3.05) is 19.3 Å². The number of benzene rings is 1. The van der Waals surface area contributed by atoms with Gasteiger partial charge in [-0.05, 0) is 37.5 Å². The summed E-state index contributed by atoms with van der Waals surface area (Å²) in [7, 11) is 1.47. The van der Waals surface area contributed by atoms with Crippen molar-refractivity contribution in [3.8, 4) is 0 Å². The number of amides is 2. The van der Waals surface area contributed by atoms with Gasteiger partial charge in [0.25, 0.3) is 5.91 Å². The van der Waals surface area contributed by atoms with E-state index in [2.05, 4.69) is 5.32 Å². The van der Waals surface area contributed by atoms with Crippen LogP contribution in [0, 0.1) is 12.7 Å². The molecule has 1 aliphatic carbocycles. The third kappa shape index (κ3) is 3.26. The van der Waals surface area contributed by atoms with Crippen molar-refractivity contribution in [1.29, 1.82) is 0 Å². The van der Waals surface area contributed by atoms with E-state index >= 15 is 0 Å². The molecule has 0 atom stereocenters. The fourth-order valence-corrected chi connectivity index (χ4v) is 1.95. The summed E-state index contributed by atoms with van der Waals surface area (Å²) in [5.74, 6) is -1.38. The predicted molar refractivity (Wildman–Crippen MR) is 73.7 cm³/mol. The van der Waals surface area contributed by atoms with Crippen LogP contribution >= 0.6 is 0 Å². The molecule has 2 amide bonds. The number of hydrogen-bond donors (Lipinski definition) is 2. The topological polar surface area (TPSA) is 75.4 Å². The van der Waals surface area contributed by atoms with Crippen LogP contribution in [0.2, 0.25) is 0 Å². The Bertz CT molecular complexity index is 556. The molecule has 0 aromatic heterocycles. The van der Waals surface area contributed by atoms with Crippen LogP contribution < -0.4 is 11.1 Å². The number of aryl methyl sites for hydroxylation is 1. The summed E-state index contributed by atoms with van der Waals surface area (Å²) in [5.41, 5.74) is 6.15. The van der Waals surface area contributed by atoms with Crippen molar-refractivity contribution in [2.45, 2.75) is 25.8 Å². The van der Waals surface area contributed by atoms with Crippen molar-refractivity contribution in [3.63, 3.8) is 0 Å². The Hall–Kier alpha value is -2.11. The minimum Gasteiger partial charge on any atom is -0.399 e. The largest absolute Gasteiger partial charge is 0.399 e. The predicted octanol–water partition coefficient (Wildman–Crippen LogP) is 1.07. The van der Waals surface area contributed by atoms with Gasteiger partial charge < -0.3 is 16.0 Å². The molecular formula is C14H18FN3O2. The molecule has 0 bridgehead atoms. The van der Waals surface area contributed by atoms with E-state index in [9.17, 15) is 14.0 Å². The zero-order valence-electron chi connectivity index (χ0n) is 11.6. The zero-order valence-corrected chi connectivity index (χ0v) is 11.6. The molecule has 6 heteroatoms. The second kappa shape index (κ2) is 5.48. The summed E-state index contributed by atoms with van der Waals surface area (Å²) in [4.78, 5) is 25.0. The monoisotopic (exact) mass is 279 g/mol. The van der Waals surface area contributed by atoms with Gasteiger partial charge in [0.05, 0.1) is 12.1 Å². The minimum atomic E-state index is -0.598. The Morgan fingerprint density at radius 2 is 2.10 bits per heavy atom. The maximum absolute atomic E-state index is 13.9. The molecule has 0 heterocycles. The smallest absolute Gasteiger partial charge is 0.257 e. The Labute approximate surface area is 116 Å². The number of halogens is 1. The van der Waals surface area contributed by atoms with Gasteiger partial charge in [0.15, 0.2) is 0 Å². The molecule has 0 saturated heterocycles. The highest BCUT2D eigenvalue weighted by atomic mass is 19.1. The van der Waals surface area contributed by atoms with Gasteiger partial charge >= 0.3 is 0 Å². The fraction of sp³-hybridized carbons (Fsp3) is 0.429. The molecule has 1 fully saturated rings. The van der Waals surface area contributed by atoms with Crippen LogP contribution in [0.4, 0.5) is 10.1 Å². The van der Waals surface area contributed by atoms with Gasteiger partial charge in [-0.25, -0.2) is 4.39 Å². The summed E-state index contributed by atoms with van der Waals surface area (Å²) >= 11 is 0. The molecule has 1 aromatic carbocycles. The third-order valence-corrected chi connectivity index (χ3v) is 3.18. The number of anilines is 1. The molecule has 5 nitrogen and oxygen atoms in total. The van der Waals surface area contributed by atoms with Crippen molar-refractivity contribution < 1.29 is 14.0 Å². The second-order valence-corrected chi connectivity index (χ2v) is 5.20. The van der Waals surface area contributed by atoms with E-state index < -0.39 is 11.7 Å². The van der Waals surface area contributed by atoms with E-state index in [-0.39, 0.29) is 24.1 Å². The van der Waals surface area contributed by atoms with Crippen LogP contribution in [0.3, 0.4) is 0 Å². The molecular weight excluding hydrogens is 261 g/mol. The first-order valence-electron chi connectivity index (χ1n) is 6.49. The molecule has 1 aromatic rings. The van der Waals surface area contributed by atoms with E-state index in [4.69, 9.17) is 5.73 Å². The lowest BCUT2D eigenvalue weighted by Gasteiger charge is -2.18. The number of nitrogens with two attached hydrogens (primary N) is 1. The highest BCUT2D eigenvalue weighted by Gasteiger charge is 2.25. The van der Waals surface area contributed by atoms with Crippen molar-refractivity contribution in [2.24, 2.45) is 0 Å². The summed E-state index contributed by atoms with van der Waals surface area (Å²) in [6.45, 7) is 1.45. The van der Waals surface area contributed by atoms with Crippen molar-refractivity contribution >= 4 is 17.5 Å². The second-order valence-electron chi connectivity index (χ2n) is 5.20. The minimum absolute atomic E-state index is 0.0946. The van der Waals surface area contributed by atoms with E-state index in [1.54, 1.807) is 6.92 Å². The summed E-state index contributed by atoms with van der Waals surface area (Å²) in [6.07, 6.45) is 1.96. The van der Waals surface area contributed by atoms with Gasteiger partial charge in [-0.15, -0.1) is 0 Å². The lowest BCUT2D eigenvalue weighted by atomic mass is 10.1. The van der Waals surface area contributed by atoms with E-state index in [1.807, 2.05) is 0 Å². The number of hydrogen-bond acceptors (Lipinski definition) is 3. The Kier molecular flexibility index (Phi) is 3.92. The summed E-state index contributed by atoms with van der Waals surface area (Å²) in [5, 5.41) is 2.78. The third-order valence-electron chi connectivity index (χ3n) is 3.18.